The van der Waals surface area contributed by atoms with Gasteiger partial charge in [-0.25, -0.2) is 0 Å². The fourth-order valence-corrected chi connectivity index (χ4v) is 2.98. The second-order valence-electron chi connectivity index (χ2n) is 4.16. The van der Waals surface area contributed by atoms with Gasteiger partial charge in [-0.2, -0.15) is 0 Å². The number of pyridine rings is 1. The zero-order valence-corrected chi connectivity index (χ0v) is 12.0. The number of halogens is 2. The Morgan fingerprint density at radius 1 is 1.33 bits per heavy atom. The third-order valence-electron chi connectivity index (χ3n) is 3.09. The normalized spacial score (nSPS) is 16.7. The predicted octanol–water partition coefficient (Wildman–Crippen LogP) is 2.66. The maximum Gasteiger partial charge on any atom is 0.219 e. The first-order valence-electron chi connectivity index (χ1n) is 5.60. The molecule has 4 nitrogen and oxygen atoms in total. The summed E-state index contributed by atoms with van der Waals surface area (Å²) in [6, 6.07) is 0.168. The van der Waals surface area contributed by atoms with Crippen LogP contribution in [0.5, 0.6) is 0 Å². The van der Waals surface area contributed by atoms with Gasteiger partial charge in [0, 0.05) is 31.5 Å². The molecule has 1 saturated heterocycles. The number of carbonyl (C=O) groups excluding carboxylic acids is 1. The highest BCUT2D eigenvalue weighted by molar-refractivity contribution is 7.78. The van der Waals surface area contributed by atoms with E-state index in [1.54, 1.807) is 12.4 Å². The van der Waals surface area contributed by atoms with Crippen LogP contribution in [0.15, 0.2) is 12.4 Å². The molecule has 18 heavy (non-hydrogen) atoms. The first-order chi connectivity index (χ1) is 8.63. The van der Waals surface area contributed by atoms with Gasteiger partial charge in [-0.05, 0) is 12.8 Å². The molecule has 2 rings (SSSR count). The van der Waals surface area contributed by atoms with Gasteiger partial charge in [0.05, 0.1) is 15.7 Å². The third kappa shape index (κ3) is 2.84. The van der Waals surface area contributed by atoms with E-state index in [0.29, 0.717) is 10.0 Å². The molecule has 7 heteroatoms. The second-order valence-corrected chi connectivity index (χ2v) is 5.43. The second kappa shape index (κ2) is 5.99. The van der Waals surface area contributed by atoms with E-state index in [9.17, 15) is 4.79 Å². The Morgan fingerprint density at radius 3 is 2.39 bits per heavy atom. The average molecular weight is 306 g/mol. The number of hydrogen-bond donors (Lipinski definition) is 1. The van der Waals surface area contributed by atoms with Crippen molar-refractivity contribution in [3.8, 4) is 0 Å². The number of nitrogens with zero attached hydrogens (tertiary/aromatic N) is 3. The van der Waals surface area contributed by atoms with Crippen LogP contribution < -0.4 is 4.90 Å². The molecule has 0 saturated carbocycles. The van der Waals surface area contributed by atoms with E-state index in [-0.39, 0.29) is 6.04 Å². The molecule has 1 aliphatic heterocycles. The highest BCUT2D eigenvalue weighted by atomic mass is 35.5. The van der Waals surface area contributed by atoms with Gasteiger partial charge in [0.1, 0.15) is 0 Å². The van der Waals surface area contributed by atoms with Crippen molar-refractivity contribution in [2.75, 3.05) is 18.0 Å². The SMILES string of the molecule is O=CN(S)C1CCN(c2c(Cl)cncc2Cl)CC1. The van der Waals surface area contributed by atoms with Crippen LogP contribution in [-0.2, 0) is 4.79 Å². The molecule has 0 radical (unpaired) electrons. The molecular formula is C11H13Cl2N3OS. The molecule has 0 bridgehead atoms. The van der Waals surface area contributed by atoms with E-state index in [0.717, 1.165) is 38.0 Å². The van der Waals surface area contributed by atoms with Crippen molar-refractivity contribution in [3.63, 3.8) is 0 Å². The van der Waals surface area contributed by atoms with E-state index in [2.05, 4.69) is 22.7 Å². The summed E-state index contributed by atoms with van der Waals surface area (Å²) in [6.07, 6.45) is 5.61. The molecule has 1 fully saturated rings. The molecule has 0 atom stereocenters. The number of carbonyl (C=O) groups is 1. The Kier molecular flexibility index (Phi) is 4.59. The van der Waals surface area contributed by atoms with Gasteiger partial charge < -0.3 is 4.90 Å². The molecule has 98 valence electrons. The molecule has 0 spiro atoms. The summed E-state index contributed by atoms with van der Waals surface area (Å²) in [6.45, 7) is 1.58. The molecule has 1 amide bonds. The van der Waals surface area contributed by atoms with E-state index in [1.807, 2.05) is 0 Å². The van der Waals surface area contributed by atoms with E-state index < -0.39 is 0 Å². The quantitative estimate of drug-likeness (QED) is 0.689. The first kappa shape index (κ1) is 13.8. The van der Waals surface area contributed by atoms with Crippen LogP contribution >= 0.6 is 36.0 Å². The maximum atomic E-state index is 10.6. The number of amides is 1. The summed E-state index contributed by atoms with van der Waals surface area (Å²) >= 11 is 16.4. The molecule has 0 unspecified atom stereocenters. The smallest absolute Gasteiger partial charge is 0.219 e. The van der Waals surface area contributed by atoms with Crippen molar-refractivity contribution < 1.29 is 4.79 Å². The zero-order valence-electron chi connectivity index (χ0n) is 9.59. The lowest BCUT2D eigenvalue weighted by atomic mass is 10.0. The fraction of sp³-hybridized carbons (Fsp3) is 0.455. The van der Waals surface area contributed by atoms with Gasteiger partial charge in [0.2, 0.25) is 6.41 Å². The fourth-order valence-electron chi connectivity index (χ4n) is 2.15. The Labute approximate surface area is 121 Å². The van der Waals surface area contributed by atoms with Crippen molar-refractivity contribution in [2.45, 2.75) is 18.9 Å². The largest absolute Gasteiger partial charge is 0.369 e. The van der Waals surface area contributed by atoms with Crippen LogP contribution in [0, 0.1) is 0 Å². The molecule has 0 aromatic carbocycles. The minimum absolute atomic E-state index is 0.168. The Hall–Kier alpha value is -0.650. The highest BCUT2D eigenvalue weighted by Gasteiger charge is 2.24. The van der Waals surface area contributed by atoms with Crippen LogP contribution in [0.2, 0.25) is 10.0 Å². The number of aromatic nitrogens is 1. The molecule has 2 heterocycles. The van der Waals surface area contributed by atoms with Crippen molar-refractivity contribution in [2.24, 2.45) is 0 Å². The topological polar surface area (TPSA) is 36.4 Å². The summed E-state index contributed by atoms with van der Waals surface area (Å²) in [4.78, 5) is 16.7. The van der Waals surface area contributed by atoms with E-state index in [4.69, 9.17) is 23.2 Å². The van der Waals surface area contributed by atoms with Crippen molar-refractivity contribution in [3.05, 3.63) is 22.4 Å². The number of piperidine rings is 1. The van der Waals surface area contributed by atoms with E-state index in [1.165, 1.54) is 4.31 Å². The van der Waals surface area contributed by atoms with Crippen LogP contribution in [0.4, 0.5) is 5.69 Å². The standard InChI is InChI=1S/C11H13Cl2N3OS/c12-9-5-14-6-10(13)11(9)15-3-1-8(2-4-15)16(18)7-17/h5-8,18H,1-4H2. The van der Waals surface area contributed by atoms with Crippen LogP contribution in [-0.4, -0.2) is 34.8 Å². The van der Waals surface area contributed by atoms with Crippen molar-refractivity contribution >= 4 is 48.1 Å². The van der Waals surface area contributed by atoms with Gasteiger partial charge in [0.25, 0.3) is 0 Å². The Bertz CT molecular complexity index is 418. The number of anilines is 1. The molecule has 1 aromatic heterocycles. The minimum atomic E-state index is 0.168. The van der Waals surface area contributed by atoms with E-state index >= 15 is 0 Å². The monoisotopic (exact) mass is 305 g/mol. The highest BCUT2D eigenvalue weighted by Crippen LogP contribution is 2.34. The van der Waals surface area contributed by atoms with Crippen LogP contribution in [0.25, 0.3) is 0 Å². The maximum absolute atomic E-state index is 10.6. The summed E-state index contributed by atoms with van der Waals surface area (Å²) in [7, 11) is 0. The molecular weight excluding hydrogens is 293 g/mol. The number of thiol groups is 1. The first-order valence-corrected chi connectivity index (χ1v) is 6.75. The zero-order chi connectivity index (χ0) is 13.1. The van der Waals surface area contributed by atoms with Crippen molar-refractivity contribution in [1.29, 1.82) is 0 Å². The Balaban J connectivity index is 2.08. The van der Waals surface area contributed by atoms with Crippen LogP contribution in [0.3, 0.4) is 0 Å². The van der Waals surface area contributed by atoms with Crippen molar-refractivity contribution in [1.82, 2.24) is 9.29 Å². The molecule has 1 aromatic rings. The molecule has 1 aliphatic rings. The lowest BCUT2D eigenvalue weighted by molar-refractivity contribution is -0.115. The Morgan fingerprint density at radius 2 is 1.89 bits per heavy atom. The average Bonchev–Trinajstić information content (AvgIpc) is 2.38. The number of rotatable bonds is 3. The summed E-state index contributed by atoms with van der Waals surface area (Å²) in [5, 5.41) is 1.11. The lowest BCUT2D eigenvalue weighted by Crippen LogP contribution is -2.41. The van der Waals surface area contributed by atoms with Gasteiger partial charge in [-0.1, -0.05) is 36.0 Å². The summed E-state index contributed by atoms with van der Waals surface area (Å²) in [5.74, 6) is 0. The molecule has 0 aliphatic carbocycles. The van der Waals surface area contributed by atoms with Crippen LogP contribution in [0.1, 0.15) is 12.8 Å². The third-order valence-corrected chi connectivity index (χ3v) is 4.07. The van der Waals surface area contributed by atoms with Gasteiger partial charge in [0.15, 0.2) is 0 Å². The summed E-state index contributed by atoms with van der Waals surface area (Å²) < 4.78 is 1.42. The summed E-state index contributed by atoms with van der Waals surface area (Å²) in [5.41, 5.74) is 0.823. The molecule has 0 N–H and O–H groups in total. The van der Waals surface area contributed by atoms with Gasteiger partial charge in [-0.15, -0.1) is 0 Å². The van der Waals surface area contributed by atoms with Gasteiger partial charge >= 0.3 is 0 Å². The minimum Gasteiger partial charge on any atom is -0.369 e. The number of hydrogen-bond acceptors (Lipinski definition) is 4. The van der Waals surface area contributed by atoms with Gasteiger partial charge in [-0.3, -0.25) is 14.1 Å². The lowest BCUT2D eigenvalue weighted by Gasteiger charge is -2.36. The predicted molar refractivity (Wildman–Crippen MR) is 76.4 cm³/mol.